The molecule has 0 aliphatic carbocycles. The van der Waals surface area contributed by atoms with Gasteiger partial charge in [0.2, 0.25) is 14.2 Å². The van der Waals surface area contributed by atoms with Gasteiger partial charge in [0.05, 0.1) is 0 Å². The molecule has 0 aromatic heterocycles. The van der Waals surface area contributed by atoms with Crippen molar-refractivity contribution in [3.63, 3.8) is 0 Å². The molecule has 1 aromatic carbocycles. The van der Waals surface area contributed by atoms with E-state index in [0.717, 1.165) is 11.3 Å². The Morgan fingerprint density at radius 2 is 1.94 bits per heavy atom. The van der Waals surface area contributed by atoms with Crippen LogP contribution in [-0.2, 0) is 4.79 Å². The summed E-state index contributed by atoms with van der Waals surface area (Å²) in [5.74, 6) is 0.362. The Morgan fingerprint density at radius 3 is 2.47 bits per heavy atom. The van der Waals surface area contributed by atoms with Crippen LogP contribution in [0.2, 0.25) is 19.6 Å². The molecule has 17 heavy (non-hydrogen) atoms. The molecule has 94 valence electrons. The molecule has 5 heteroatoms. The zero-order valence-corrected chi connectivity index (χ0v) is 11.6. The summed E-state index contributed by atoms with van der Waals surface area (Å²) < 4.78 is 5.94. The number of benzene rings is 1. The zero-order valence-electron chi connectivity index (χ0n) is 10.6. The largest absolute Gasteiger partial charge is 0.544 e. The minimum Gasteiger partial charge on any atom is -0.544 e. The molecule has 4 nitrogen and oxygen atoms in total. The van der Waals surface area contributed by atoms with Gasteiger partial charge in [0.1, 0.15) is 5.75 Å². The van der Waals surface area contributed by atoms with Crippen LogP contribution in [-0.4, -0.2) is 14.2 Å². The molecule has 1 atom stereocenters. The van der Waals surface area contributed by atoms with E-state index in [-0.39, 0.29) is 6.42 Å². The number of carbonyl (C=O) groups excluding carboxylic acids is 1. The Kier molecular flexibility index (Phi) is 4.31. The Morgan fingerprint density at radius 1 is 1.35 bits per heavy atom. The summed E-state index contributed by atoms with van der Waals surface area (Å²) in [6.07, 6.45) is 0.131. The van der Waals surface area contributed by atoms with Crippen LogP contribution >= 0.6 is 0 Å². The number of primary amides is 1. The van der Waals surface area contributed by atoms with Crippen molar-refractivity contribution >= 4 is 14.2 Å². The van der Waals surface area contributed by atoms with Crippen LogP contribution in [0.5, 0.6) is 5.75 Å². The van der Waals surface area contributed by atoms with Gasteiger partial charge in [-0.05, 0) is 25.7 Å². The monoisotopic (exact) mass is 252 g/mol. The fourth-order valence-corrected chi connectivity index (χ4v) is 2.38. The van der Waals surface area contributed by atoms with Crippen LogP contribution in [0.4, 0.5) is 0 Å². The molecule has 0 aliphatic heterocycles. The highest BCUT2D eigenvalue weighted by Crippen LogP contribution is 2.27. The number of hydrogen-bond donors (Lipinski definition) is 2. The van der Waals surface area contributed by atoms with E-state index in [2.05, 4.69) is 19.6 Å². The second-order valence-electron chi connectivity index (χ2n) is 5.03. The number of rotatable bonds is 5. The minimum atomic E-state index is -1.69. The van der Waals surface area contributed by atoms with Crippen LogP contribution in [0.25, 0.3) is 0 Å². The fraction of sp³-hybridized carbons (Fsp3) is 0.417. The molecular weight excluding hydrogens is 232 g/mol. The van der Waals surface area contributed by atoms with Gasteiger partial charge in [0, 0.05) is 18.0 Å². The summed E-state index contributed by atoms with van der Waals surface area (Å²) in [5.41, 5.74) is 11.9. The van der Waals surface area contributed by atoms with Crippen LogP contribution in [0, 0.1) is 0 Å². The van der Waals surface area contributed by atoms with Gasteiger partial charge >= 0.3 is 0 Å². The van der Waals surface area contributed by atoms with Crippen molar-refractivity contribution in [1.29, 1.82) is 0 Å². The molecule has 0 radical (unpaired) electrons. The molecule has 0 saturated carbocycles. The molecule has 0 spiro atoms. The molecule has 1 aromatic rings. The molecule has 1 rings (SSSR count). The zero-order chi connectivity index (χ0) is 13.1. The van der Waals surface area contributed by atoms with E-state index < -0.39 is 20.3 Å². The smallest absolute Gasteiger partial charge is 0.242 e. The molecule has 4 N–H and O–H groups in total. The maximum Gasteiger partial charge on any atom is 0.242 e. The first-order chi connectivity index (χ1) is 7.79. The van der Waals surface area contributed by atoms with Crippen molar-refractivity contribution in [2.24, 2.45) is 11.5 Å². The normalized spacial score (nSPS) is 13.2. The molecule has 1 unspecified atom stereocenters. The lowest BCUT2D eigenvalue weighted by Crippen LogP contribution is -2.30. The predicted molar refractivity (Wildman–Crippen MR) is 71.2 cm³/mol. The van der Waals surface area contributed by atoms with Gasteiger partial charge in [0.25, 0.3) is 0 Å². The second-order valence-corrected chi connectivity index (χ2v) is 9.46. The quantitative estimate of drug-likeness (QED) is 0.784. The third kappa shape index (κ3) is 4.58. The molecule has 0 saturated heterocycles. The number of hydrogen-bond acceptors (Lipinski definition) is 3. The van der Waals surface area contributed by atoms with E-state index in [1.807, 2.05) is 24.3 Å². The third-order valence-corrected chi connectivity index (χ3v) is 2.99. The summed E-state index contributed by atoms with van der Waals surface area (Å²) in [5, 5.41) is 0. The van der Waals surface area contributed by atoms with Crippen molar-refractivity contribution in [3.8, 4) is 5.75 Å². The number of carbonyl (C=O) groups is 1. The summed E-state index contributed by atoms with van der Waals surface area (Å²) in [6, 6.07) is 7.14. The maximum atomic E-state index is 10.9. The van der Waals surface area contributed by atoms with Gasteiger partial charge in [-0.15, -0.1) is 0 Å². The first-order valence-corrected chi connectivity index (χ1v) is 9.02. The predicted octanol–water partition coefficient (Wildman–Crippen LogP) is 1.78. The second kappa shape index (κ2) is 5.33. The van der Waals surface area contributed by atoms with Crippen molar-refractivity contribution in [1.82, 2.24) is 0 Å². The fourth-order valence-electron chi connectivity index (χ4n) is 1.54. The molecular formula is C12H20N2O2Si. The summed E-state index contributed by atoms with van der Waals surface area (Å²) >= 11 is 0. The standard InChI is InChI=1S/C12H20N2O2Si/c1-17(2,3)16-11-7-5-4-6-9(11)10(13)8-12(14)15/h4-7,10H,8,13H2,1-3H3,(H2,14,15). The highest BCUT2D eigenvalue weighted by molar-refractivity contribution is 6.70. The highest BCUT2D eigenvalue weighted by atomic mass is 28.4. The van der Waals surface area contributed by atoms with E-state index >= 15 is 0 Å². The lowest BCUT2D eigenvalue weighted by atomic mass is 10.0. The van der Waals surface area contributed by atoms with Gasteiger partial charge in [-0.3, -0.25) is 4.79 Å². The molecule has 0 aliphatic rings. The third-order valence-electron chi connectivity index (χ3n) is 2.16. The Balaban J connectivity index is 2.95. The van der Waals surface area contributed by atoms with Crippen LogP contribution in [0.15, 0.2) is 24.3 Å². The van der Waals surface area contributed by atoms with E-state index in [0.29, 0.717) is 0 Å². The van der Waals surface area contributed by atoms with Crippen molar-refractivity contribution in [3.05, 3.63) is 29.8 Å². The van der Waals surface area contributed by atoms with Gasteiger partial charge in [0.15, 0.2) is 0 Å². The lowest BCUT2D eigenvalue weighted by Gasteiger charge is -2.23. The van der Waals surface area contributed by atoms with Crippen LogP contribution < -0.4 is 15.9 Å². The highest BCUT2D eigenvalue weighted by Gasteiger charge is 2.20. The first-order valence-electron chi connectivity index (χ1n) is 5.61. The van der Waals surface area contributed by atoms with E-state index in [4.69, 9.17) is 15.9 Å². The van der Waals surface area contributed by atoms with Gasteiger partial charge in [-0.1, -0.05) is 18.2 Å². The topological polar surface area (TPSA) is 78.3 Å². The average molecular weight is 252 g/mol. The summed E-state index contributed by atoms with van der Waals surface area (Å²) in [7, 11) is -1.69. The van der Waals surface area contributed by atoms with Crippen molar-refractivity contribution < 1.29 is 9.22 Å². The summed E-state index contributed by atoms with van der Waals surface area (Å²) in [6.45, 7) is 6.30. The van der Waals surface area contributed by atoms with Crippen molar-refractivity contribution in [2.75, 3.05) is 0 Å². The maximum absolute atomic E-state index is 10.9. The number of para-hydroxylation sites is 1. The van der Waals surface area contributed by atoms with E-state index in [1.54, 1.807) is 0 Å². The molecule has 0 heterocycles. The molecule has 0 fully saturated rings. The van der Waals surface area contributed by atoms with Gasteiger partial charge in [-0.25, -0.2) is 0 Å². The van der Waals surface area contributed by atoms with E-state index in [1.165, 1.54) is 0 Å². The summed E-state index contributed by atoms with van der Waals surface area (Å²) in [4.78, 5) is 10.9. The van der Waals surface area contributed by atoms with Gasteiger partial charge in [-0.2, -0.15) is 0 Å². The Bertz CT molecular complexity index is 402. The van der Waals surface area contributed by atoms with E-state index in [9.17, 15) is 4.79 Å². The van der Waals surface area contributed by atoms with Crippen LogP contribution in [0.1, 0.15) is 18.0 Å². The molecule has 0 bridgehead atoms. The minimum absolute atomic E-state index is 0.131. The molecule has 1 amide bonds. The van der Waals surface area contributed by atoms with Gasteiger partial charge < -0.3 is 15.9 Å². The van der Waals surface area contributed by atoms with Crippen LogP contribution in [0.3, 0.4) is 0 Å². The first kappa shape index (κ1) is 13.7. The Hall–Kier alpha value is -1.33. The lowest BCUT2D eigenvalue weighted by molar-refractivity contribution is -0.118. The Labute approximate surface area is 103 Å². The van der Waals surface area contributed by atoms with Crippen molar-refractivity contribution in [2.45, 2.75) is 32.1 Å². The SMILES string of the molecule is C[Si](C)(C)Oc1ccccc1C(N)CC(N)=O. The number of amides is 1. The number of nitrogens with two attached hydrogens (primary N) is 2. The average Bonchev–Trinajstić information content (AvgIpc) is 2.14.